The minimum atomic E-state index is -0.877. The van der Waals surface area contributed by atoms with Gasteiger partial charge in [0.05, 0.1) is 6.10 Å². The van der Waals surface area contributed by atoms with Crippen LogP contribution in [0.1, 0.15) is 98.3 Å². The van der Waals surface area contributed by atoms with Gasteiger partial charge in [0.15, 0.2) is 17.9 Å². The van der Waals surface area contributed by atoms with E-state index >= 15 is 0 Å². The van der Waals surface area contributed by atoms with Crippen molar-refractivity contribution >= 4 is 11.9 Å². The molecule has 0 aromatic rings. The first-order chi connectivity index (χ1) is 15.2. The molecule has 2 heterocycles. The van der Waals surface area contributed by atoms with E-state index in [1.807, 2.05) is 6.08 Å². The number of aliphatic hydroxyl groups excluding tert-OH is 1. The fourth-order valence-corrected chi connectivity index (χ4v) is 4.42. The first-order valence-corrected chi connectivity index (χ1v) is 12.4. The molecule has 32 heavy (non-hydrogen) atoms. The number of allylic oxidation sites excluding steroid dienone is 1. The van der Waals surface area contributed by atoms with Crippen molar-refractivity contribution < 1.29 is 28.9 Å². The molecule has 7 nitrogen and oxygen atoms in total. The zero-order valence-electron chi connectivity index (χ0n) is 20.3. The molecule has 7 heteroatoms. The van der Waals surface area contributed by atoms with Crippen LogP contribution in [-0.4, -0.2) is 53.2 Å². The first-order valence-electron chi connectivity index (χ1n) is 12.4. The molecule has 0 aliphatic carbocycles. The minimum absolute atomic E-state index is 0.149. The quantitative estimate of drug-likeness (QED) is 0.233. The highest BCUT2D eigenvalue weighted by Gasteiger charge is 2.55. The number of hydrogen-bond donors (Lipinski definition) is 2. The van der Waals surface area contributed by atoms with Crippen molar-refractivity contribution in [2.75, 3.05) is 0 Å². The number of nitrogens with one attached hydrogen (secondary N) is 1. The van der Waals surface area contributed by atoms with Crippen LogP contribution in [0.25, 0.3) is 0 Å². The molecule has 0 aromatic carbocycles. The molecule has 2 fully saturated rings. The van der Waals surface area contributed by atoms with Crippen molar-refractivity contribution in [2.45, 2.75) is 135 Å². The molecule has 0 radical (unpaired) electrons. The number of hydrogen-bond acceptors (Lipinski definition) is 6. The molecular weight excluding hydrogens is 410 g/mol. The van der Waals surface area contributed by atoms with Gasteiger partial charge in [-0.1, -0.05) is 64.0 Å². The van der Waals surface area contributed by atoms with Crippen LogP contribution < -0.4 is 5.32 Å². The van der Waals surface area contributed by atoms with Gasteiger partial charge in [-0.2, -0.15) is 0 Å². The summed E-state index contributed by atoms with van der Waals surface area (Å²) < 4.78 is 17.4. The monoisotopic (exact) mass is 453 g/mol. The van der Waals surface area contributed by atoms with Gasteiger partial charge in [-0.15, -0.1) is 0 Å². The van der Waals surface area contributed by atoms with Crippen LogP contribution in [0.2, 0.25) is 0 Å². The van der Waals surface area contributed by atoms with E-state index in [1.165, 1.54) is 26.2 Å². The normalized spacial score (nSPS) is 27.8. The van der Waals surface area contributed by atoms with Gasteiger partial charge in [-0.25, -0.2) is 4.79 Å². The Kier molecular flexibility index (Phi) is 11.2. The third-order valence-electron chi connectivity index (χ3n) is 6.06. The molecule has 1 amide bonds. The number of aliphatic hydroxyl groups is 1. The zero-order valence-corrected chi connectivity index (χ0v) is 20.3. The summed E-state index contributed by atoms with van der Waals surface area (Å²) in [6.07, 6.45) is 14.3. The maximum atomic E-state index is 12.2. The summed E-state index contributed by atoms with van der Waals surface area (Å²) in [5, 5.41) is 12.7. The van der Waals surface area contributed by atoms with E-state index in [1.54, 1.807) is 13.8 Å². The predicted octanol–water partition coefficient (Wildman–Crippen LogP) is 4.16. The third-order valence-corrected chi connectivity index (χ3v) is 6.06. The molecule has 2 N–H and O–H groups in total. The Morgan fingerprint density at radius 3 is 2.38 bits per heavy atom. The number of fused-ring (bicyclic) bond motifs is 1. The second-order valence-electron chi connectivity index (χ2n) is 9.57. The molecule has 0 bridgehead atoms. The number of carbonyl (C=O) groups is 2. The van der Waals surface area contributed by atoms with E-state index in [4.69, 9.17) is 14.2 Å². The lowest BCUT2D eigenvalue weighted by atomic mass is 10.00. The predicted molar refractivity (Wildman–Crippen MR) is 123 cm³/mol. The second-order valence-corrected chi connectivity index (χ2v) is 9.57. The van der Waals surface area contributed by atoms with Gasteiger partial charge >= 0.3 is 5.97 Å². The highest BCUT2D eigenvalue weighted by atomic mass is 16.7. The van der Waals surface area contributed by atoms with Crippen LogP contribution >= 0.6 is 0 Å². The molecule has 0 aromatic heterocycles. The van der Waals surface area contributed by atoms with E-state index in [9.17, 15) is 14.7 Å². The molecule has 5 atom stereocenters. The molecular formula is C25H43NO6. The number of carbonyl (C=O) groups excluding carboxylic acids is 2. The van der Waals surface area contributed by atoms with E-state index in [-0.39, 0.29) is 12.0 Å². The Morgan fingerprint density at radius 1 is 1.06 bits per heavy atom. The Hall–Kier alpha value is -1.44. The second kappa shape index (κ2) is 13.3. The van der Waals surface area contributed by atoms with Crippen molar-refractivity contribution in [1.29, 1.82) is 0 Å². The van der Waals surface area contributed by atoms with Crippen LogP contribution in [0, 0.1) is 0 Å². The SMILES string of the molecule is CCCCCC[C@@H](O)CCCCCC/C=C/[C@@H]1OC(C)(C)O[C@H]2[C@@H]1OC(=O)[C@H]2NC(C)=O. The lowest BCUT2D eigenvalue weighted by Gasteiger charge is -2.41. The van der Waals surface area contributed by atoms with Gasteiger partial charge in [0.25, 0.3) is 0 Å². The summed E-state index contributed by atoms with van der Waals surface area (Å²) in [7, 11) is 0. The molecule has 0 spiro atoms. The topological polar surface area (TPSA) is 94.1 Å². The van der Waals surface area contributed by atoms with E-state index < -0.39 is 36.1 Å². The summed E-state index contributed by atoms with van der Waals surface area (Å²) in [5.74, 6) is -1.66. The highest BCUT2D eigenvalue weighted by molar-refractivity contribution is 5.85. The fraction of sp³-hybridized carbons (Fsp3) is 0.840. The summed E-state index contributed by atoms with van der Waals surface area (Å²) in [6.45, 7) is 7.18. The zero-order chi connectivity index (χ0) is 23.6. The number of esters is 1. The highest BCUT2D eigenvalue weighted by Crippen LogP contribution is 2.35. The average Bonchev–Trinajstić information content (AvgIpc) is 3.01. The molecule has 184 valence electrons. The maximum absolute atomic E-state index is 12.2. The van der Waals surface area contributed by atoms with Crippen molar-refractivity contribution in [3.05, 3.63) is 12.2 Å². The molecule has 2 aliphatic heterocycles. The van der Waals surface area contributed by atoms with Gasteiger partial charge in [-0.05, 0) is 39.5 Å². The van der Waals surface area contributed by atoms with E-state index in [2.05, 4.69) is 18.3 Å². The van der Waals surface area contributed by atoms with Crippen molar-refractivity contribution in [3.8, 4) is 0 Å². The third kappa shape index (κ3) is 8.83. The van der Waals surface area contributed by atoms with Crippen LogP contribution in [-0.2, 0) is 23.8 Å². The van der Waals surface area contributed by atoms with E-state index in [0.717, 1.165) is 51.4 Å². The van der Waals surface area contributed by atoms with Crippen LogP contribution in [0.15, 0.2) is 12.2 Å². The summed E-state index contributed by atoms with van der Waals surface area (Å²) >= 11 is 0. The summed E-state index contributed by atoms with van der Waals surface area (Å²) in [6, 6.07) is -0.807. The standard InChI is InChI=1S/C25H43NO6/c1-5-6-7-12-15-19(28)16-13-10-8-9-11-14-17-20-22-23(32-25(3,4)31-20)21(24(29)30-22)26-18(2)27/h14,17,19-23,28H,5-13,15-16H2,1-4H3,(H,26,27)/b17-14+/t19-,20+,21+,22-,23-/m1/s1. The summed E-state index contributed by atoms with van der Waals surface area (Å²) in [5.41, 5.74) is 0. The lowest BCUT2D eigenvalue weighted by molar-refractivity contribution is -0.312. The Morgan fingerprint density at radius 2 is 1.72 bits per heavy atom. The number of amides is 1. The van der Waals surface area contributed by atoms with Gasteiger partial charge in [0.2, 0.25) is 5.91 Å². The summed E-state index contributed by atoms with van der Waals surface area (Å²) in [4.78, 5) is 23.7. The minimum Gasteiger partial charge on any atom is -0.455 e. The van der Waals surface area contributed by atoms with Gasteiger partial charge < -0.3 is 24.6 Å². The number of unbranched alkanes of at least 4 members (excludes halogenated alkanes) is 7. The van der Waals surface area contributed by atoms with Crippen molar-refractivity contribution in [2.24, 2.45) is 0 Å². The van der Waals surface area contributed by atoms with Gasteiger partial charge in [0.1, 0.15) is 12.2 Å². The Labute approximate surface area is 193 Å². The van der Waals surface area contributed by atoms with Crippen molar-refractivity contribution in [1.82, 2.24) is 5.32 Å². The first kappa shape index (κ1) is 26.8. The van der Waals surface area contributed by atoms with Crippen molar-refractivity contribution in [3.63, 3.8) is 0 Å². The molecule has 0 unspecified atom stereocenters. The van der Waals surface area contributed by atoms with Gasteiger partial charge in [-0.3, -0.25) is 4.79 Å². The fourth-order valence-electron chi connectivity index (χ4n) is 4.42. The Bertz CT molecular complexity index is 620. The molecule has 2 saturated heterocycles. The smallest absolute Gasteiger partial charge is 0.332 e. The number of ether oxygens (including phenoxy) is 3. The maximum Gasteiger partial charge on any atom is 0.332 e. The van der Waals surface area contributed by atoms with Crippen LogP contribution in [0.3, 0.4) is 0 Å². The Balaban J connectivity index is 1.68. The van der Waals surface area contributed by atoms with Crippen LogP contribution in [0.5, 0.6) is 0 Å². The van der Waals surface area contributed by atoms with Gasteiger partial charge in [0, 0.05) is 6.92 Å². The van der Waals surface area contributed by atoms with Crippen LogP contribution in [0.4, 0.5) is 0 Å². The molecule has 2 aliphatic rings. The largest absolute Gasteiger partial charge is 0.455 e. The average molecular weight is 454 g/mol. The lowest BCUT2D eigenvalue weighted by Crippen LogP contribution is -2.57. The number of rotatable bonds is 14. The van der Waals surface area contributed by atoms with E-state index in [0.29, 0.717) is 0 Å². The molecule has 2 rings (SSSR count). The molecule has 0 saturated carbocycles.